The number of halogens is 1. The highest BCUT2D eigenvalue weighted by atomic mass is 79.9. The molecule has 0 aromatic carbocycles. The predicted molar refractivity (Wildman–Crippen MR) is 80.8 cm³/mol. The van der Waals surface area contributed by atoms with E-state index < -0.39 is 17.2 Å². The second-order valence-electron chi connectivity index (χ2n) is 6.61. The molecule has 1 saturated carbocycles. The van der Waals surface area contributed by atoms with Crippen LogP contribution in [0.5, 0.6) is 0 Å². The number of rotatable bonds is 2. The van der Waals surface area contributed by atoms with Crippen LogP contribution in [0.3, 0.4) is 0 Å². The van der Waals surface area contributed by atoms with Crippen molar-refractivity contribution in [2.75, 3.05) is 13.2 Å². The van der Waals surface area contributed by atoms with E-state index in [1.165, 1.54) is 0 Å². The number of ether oxygens (including phenoxy) is 2. The van der Waals surface area contributed by atoms with Crippen LogP contribution < -0.4 is 5.32 Å². The Hall–Kier alpha value is -1.14. The number of carbonyl (C=O) groups excluding carboxylic acids is 1. The van der Waals surface area contributed by atoms with Gasteiger partial charge in [-0.2, -0.15) is 0 Å². The zero-order valence-corrected chi connectivity index (χ0v) is 13.9. The largest absolute Gasteiger partial charge is 0.444 e. The van der Waals surface area contributed by atoms with Gasteiger partial charge >= 0.3 is 6.09 Å². The van der Waals surface area contributed by atoms with Crippen molar-refractivity contribution < 1.29 is 14.3 Å². The van der Waals surface area contributed by atoms with Crippen molar-refractivity contribution in [2.45, 2.75) is 31.9 Å². The van der Waals surface area contributed by atoms with E-state index in [4.69, 9.17) is 9.47 Å². The Bertz CT molecular complexity index is 543. The fourth-order valence-corrected chi connectivity index (χ4v) is 3.31. The van der Waals surface area contributed by atoms with Gasteiger partial charge in [0, 0.05) is 22.5 Å². The quantitative estimate of drug-likeness (QED) is 0.886. The van der Waals surface area contributed by atoms with Gasteiger partial charge in [0.2, 0.25) is 0 Å². The van der Waals surface area contributed by atoms with Crippen LogP contribution in [0.2, 0.25) is 0 Å². The zero-order valence-electron chi connectivity index (χ0n) is 12.4. The Morgan fingerprint density at radius 1 is 1.43 bits per heavy atom. The van der Waals surface area contributed by atoms with Crippen molar-refractivity contribution in [3.05, 3.63) is 28.5 Å². The van der Waals surface area contributed by atoms with Crippen LogP contribution in [0.15, 0.2) is 22.8 Å². The van der Waals surface area contributed by atoms with Crippen LogP contribution in [0.1, 0.15) is 26.5 Å². The number of nitrogens with one attached hydrogen (secondary N) is 1. The van der Waals surface area contributed by atoms with Gasteiger partial charge in [-0.05, 0) is 48.8 Å². The molecule has 2 atom stereocenters. The molecule has 0 bridgehead atoms. The molecule has 1 aliphatic carbocycles. The molecule has 1 aromatic heterocycles. The molecule has 2 heterocycles. The molecule has 1 amide bonds. The lowest BCUT2D eigenvalue weighted by atomic mass is 10.1. The number of nitrogens with zero attached hydrogens (tertiary/aromatic N) is 1. The minimum absolute atomic E-state index is 0.277. The standard InChI is InChI=1S/C15H19BrN2O3/c1-14(2,3)21-13(19)18-15(10-7-20-8-11(10)15)12-5-4-9(16)6-17-12/h4-6,10-11H,7-8H2,1-3H3,(H,18,19). The molecule has 0 radical (unpaired) electrons. The van der Waals surface area contributed by atoms with Gasteiger partial charge in [0.1, 0.15) is 5.60 Å². The van der Waals surface area contributed by atoms with Crippen molar-refractivity contribution in [2.24, 2.45) is 11.8 Å². The van der Waals surface area contributed by atoms with Crippen molar-refractivity contribution >= 4 is 22.0 Å². The van der Waals surface area contributed by atoms with Crippen LogP contribution in [0.25, 0.3) is 0 Å². The smallest absolute Gasteiger partial charge is 0.408 e. The first-order valence-corrected chi connectivity index (χ1v) is 7.83. The topological polar surface area (TPSA) is 60.5 Å². The molecule has 1 aliphatic heterocycles. The van der Waals surface area contributed by atoms with Crippen molar-refractivity contribution in [1.29, 1.82) is 0 Å². The average molecular weight is 355 g/mol. The number of pyridine rings is 1. The summed E-state index contributed by atoms with van der Waals surface area (Å²) in [5, 5.41) is 3.04. The second kappa shape index (κ2) is 4.95. The van der Waals surface area contributed by atoms with Crippen molar-refractivity contribution in [1.82, 2.24) is 10.3 Å². The van der Waals surface area contributed by atoms with Crippen LogP contribution in [-0.2, 0) is 15.0 Å². The molecule has 3 rings (SSSR count). The third kappa shape index (κ3) is 2.66. The van der Waals surface area contributed by atoms with E-state index in [-0.39, 0.29) is 11.8 Å². The lowest BCUT2D eigenvalue weighted by Crippen LogP contribution is -2.43. The summed E-state index contributed by atoms with van der Waals surface area (Å²) in [4.78, 5) is 16.6. The summed E-state index contributed by atoms with van der Waals surface area (Å²) in [5.41, 5.74) is -0.0879. The summed E-state index contributed by atoms with van der Waals surface area (Å²) in [6.07, 6.45) is 1.35. The van der Waals surface area contributed by atoms with E-state index in [1.807, 2.05) is 32.9 Å². The number of carbonyl (C=O) groups is 1. The molecule has 1 aromatic rings. The fourth-order valence-electron chi connectivity index (χ4n) is 3.08. The van der Waals surface area contributed by atoms with Crippen LogP contribution >= 0.6 is 15.9 Å². The maximum Gasteiger partial charge on any atom is 0.408 e. The number of fused-ring (bicyclic) bond motifs is 1. The lowest BCUT2D eigenvalue weighted by Gasteiger charge is -2.26. The Balaban J connectivity index is 1.83. The minimum atomic E-state index is -0.515. The number of amides is 1. The number of aromatic nitrogens is 1. The molecule has 2 fully saturated rings. The molecule has 21 heavy (non-hydrogen) atoms. The van der Waals surface area contributed by atoms with Gasteiger partial charge in [0.25, 0.3) is 0 Å². The minimum Gasteiger partial charge on any atom is -0.444 e. The van der Waals surface area contributed by atoms with E-state index in [9.17, 15) is 4.79 Å². The van der Waals surface area contributed by atoms with E-state index in [0.29, 0.717) is 13.2 Å². The molecule has 1 N–H and O–H groups in total. The Morgan fingerprint density at radius 3 is 2.62 bits per heavy atom. The lowest BCUT2D eigenvalue weighted by molar-refractivity contribution is 0.0447. The molecular formula is C15H19BrN2O3. The SMILES string of the molecule is CC(C)(C)OC(=O)NC1(c2ccc(Br)cn2)C2COCC21. The second-order valence-corrected chi connectivity index (χ2v) is 7.52. The summed E-state index contributed by atoms with van der Waals surface area (Å²) in [6, 6.07) is 3.88. The van der Waals surface area contributed by atoms with Gasteiger partial charge in [-0.1, -0.05) is 0 Å². The number of alkyl carbamates (subject to hydrolysis) is 1. The Labute approximate surface area is 132 Å². The van der Waals surface area contributed by atoms with Gasteiger partial charge in [-0.3, -0.25) is 4.98 Å². The summed E-state index contributed by atoms with van der Waals surface area (Å²) in [7, 11) is 0. The summed E-state index contributed by atoms with van der Waals surface area (Å²) in [5.74, 6) is 0.553. The van der Waals surface area contributed by atoms with Crippen molar-refractivity contribution in [3.63, 3.8) is 0 Å². The van der Waals surface area contributed by atoms with Gasteiger partial charge in [-0.15, -0.1) is 0 Å². The molecule has 114 valence electrons. The Kier molecular flexibility index (Phi) is 3.48. The fraction of sp³-hybridized carbons (Fsp3) is 0.600. The summed E-state index contributed by atoms with van der Waals surface area (Å²) in [6.45, 7) is 6.87. The van der Waals surface area contributed by atoms with Crippen LogP contribution in [0.4, 0.5) is 4.79 Å². The van der Waals surface area contributed by atoms with Gasteiger partial charge < -0.3 is 14.8 Å². The third-order valence-electron chi connectivity index (χ3n) is 4.00. The normalized spacial score (nSPS) is 30.7. The molecule has 6 heteroatoms. The van der Waals surface area contributed by atoms with E-state index in [1.54, 1.807) is 6.20 Å². The van der Waals surface area contributed by atoms with Crippen LogP contribution in [-0.4, -0.2) is 29.9 Å². The monoisotopic (exact) mass is 354 g/mol. The molecule has 2 unspecified atom stereocenters. The predicted octanol–water partition coefficient (Wildman–Crippen LogP) is 2.84. The van der Waals surface area contributed by atoms with Gasteiger partial charge in [0.15, 0.2) is 0 Å². The third-order valence-corrected chi connectivity index (χ3v) is 4.47. The summed E-state index contributed by atoms with van der Waals surface area (Å²) < 4.78 is 11.8. The highest BCUT2D eigenvalue weighted by Gasteiger charge is 2.70. The first-order chi connectivity index (χ1) is 9.83. The van der Waals surface area contributed by atoms with Crippen molar-refractivity contribution in [3.8, 4) is 0 Å². The maximum absolute atomic E-state index is 12.2. The molecule has 2 aliphatic rings. The molecule has 1 saturated heterocycles. The highest BCUT2D eigenvalue weighted by Crippen LogP contribution is 2.60. The number of hydrogen-bond donors (Lipinski definition) is 1. The summed E-state index contributed by atoms with van der Waals surface area (Å²) >= 11 is 3.39. The van der Waals surface area contributed by atoms with Gasteiger partial charge in [-0.25, -0.2) is 4.79 Å². The zero-order chi connectivity index (χ0) is 15.3. The van der Waals surface area contributed by atoms with E-state index >= 15 is 0 Å². The molecule has 0 spiro atoms. The van der Waals surface area contributed by atoms with Gasteiger partial charge in [0.05, 0.1) is 24.4 Å². The molecular weight excluding hydrogens is 336 g/mol. The highest BCUT2D eigenvalue weighted by molar-refractivity contribution is 9.10. The van der Waals surface area contributed by atoms with E-state index in [2.05, 4.69) is 26.2 Å². The first kappa shape index (κ1) is 14.8. The molecule has 5 nitrogen and oxygen atoms in total. The van der Waals surface area contributed by atoms with E-state index in [0.717, 1.165) is 10.2 Å². The average Bonchev–Trinajstić information content (AvgIpc) is 2.76. The maximum atomic E-state index is 12.2. The Morgan fingerprint density at radius 2 is 2.10 bits per heavy atom. The first-order valence-electron chi connectivity index (χ1n) is 7.04. The van der Waals surface area contributed by atoms with Crippen LogP contribution in [0, 0.1) is 11.8 Å². The number of hydrogen-bond acceptors (Lipinski definition) is 4.